The summed E-state index contributed by atoms with van der Waals surface area (Å²) in [6.07, 6.45) is 0. The highest BCUT2D eigenvalue weighted by molar-refractivity contribution is 6.30. The monoisotopic (exact) mass is 379 g/mol. The average molecular weight is 380 g/mol. The van der Waals surface area contributed by atoms with Gasteiger partial charge in [-0.25, -0.2) is 0 Å². The van der Waals surface area contributed by atoms with Gasteiger partial charge in [0, 0.05) is 21.8 Å². The first-order chi connectivity index (χ1) is 13.0. The molecule has 0 heterocycles. The fourth-order valence-corrected chi connectivity index (χ4v) is 2.79. The van der Waals surface area contributed by atoms with E-state index in [4.69, 9.17) is 16.3 Å². The molecular formula is C22H18ClNO3. The van der Waals surface area contributed by atoms with Crippen LogP contribution in [0.5, 0.6) is 5.75 Å². The molecule has 0 aliphatic rings. The van der Waals surface area contributed by atoms with E-state index in [0.29, 0.717) is 27.6 Å². The summed E-state index contributed by atoms with van der Waals surface area (Å²) in [5.41, 5.74) is 2.76. The molecule has 0 saturated carbocycles. The van der Waals surface area contributed by atoms with Crippen LogP contribution in [0.2, 0.25) is 5.02 Å². The van der Waals surface area contributed by atoms with E-state index in [2.05, 4.69) is 5.32 Å². The Kier molecular flexibility index (Phi) is 5.89. The van der Waals surface area contributed by atoms with Crippen LogP contribution in [0.4, 0.5) is 5.69 Å². The molecule has 0 fully saturated rings. The molecule has 3 aromatic carbocycles. The van der Waals surface area contributed by atoms with Crippen LogP contribution in [0.1, 0.15) is 21.5 Å². The van der Waals surface area contributed by atoms with Crippen molar-refractivity contribution in [3.05, 3.63) is 94.5 Å². The zero-order valence-corrected chi connectivity index (χ0v) is 15.5. The van der Waals surface area contributed by atoms with Crippen LogP contribution in [0.25, 0.3) is 0 Å². The molecule has 0 aliphatic heterocycles. The van der Waals surface area contributed by atoms with Gasteiger partial charge in [-0.15, -0.1) is 0 Å². The molecule has 0 spiro atoms. The summed E-state index contributed by atoms with van der Waals surface area (Å²) in [5.74, 6) is 0.186. The lowest BCUT2D eigenvalue weighted by Gasteiger charge is -2.10. The molecule has 1 N–H and O–H groups in total. The van der Waals surface area contributed by atoms with Crippen LogP contribution in [0, 0.1) is 6.92 Å². The van der Waals surface area contributed by atoms with Crippen molar-refractivity contribution in [3.8, 4) is 5.75 Å². The van der Waals surface area contributed by atoms with Gasteiger partial charge in [0.2, 0.25) is 0 Å². The van der Waals surface area contributed by atoms with Crippen molar-refractivity contribution < 1.29 is 14.3 Å². The van der Waals surface area contributed by atoms with E-state index in [1.165, 1.54) is 0 Å². The first kappa shape index (κ1) is 18.7. The van der Waals surface area contributed by atoms with E-state index in [1.54, 1.807) is 54.6 Å². The summed E-state index contributed by atoms with van der Waals surface area (Å²) in [6, 6.07) is 21.0. The normalized spacial score (nSPS) is 10.3. The van der Waals surface area contributed by atoms with Gasteiger partial charge in [-0.05, 0) is 55.0 Å². The Morgan fingerprint density at radius 2 is 1.59 bits per heavy atom. The van der Waals surface area contributed by atoms with E-state index >= 15 is 0 Å². The van der Waals surface area contributed by atoms with Gasteiger partial charge in [-0.2, -0.15) is 0 Å². The second-order valence-electron chi connectivity index (χ2n) is 6.02. The zero-order valence-electron chi connectivity index (χ0n) is 14.7. The standard InChI is InChI=1S/C22H18ClNO3/c1-15-13-18(23)9-12-20(15)24-21(25)14-27-19-10-7-17(8-11-19)22(26)16-5-3-2-4-6-16/h2-13H,14H2,1H3,(H,24,25). The summed E-state index contributed by atoms with van der Waals surface area (Å²) in [6.45, 7) is 1.73. The molecule has 0 unspecified atom stereocenters. The molecule has 3 rings (SSSR count). The Bertz CT molecular complexity index is 953. The first-order valence-corrected chi connectivity index (χ1v) is 8.79. The summed E-state index contributed by atoms with van der Waals surface area (Å²) >= 11 is 5.91. The predicted molar refractivity (Wildman–Crippen MR) is 107 cm³/mol. The molecule has 5 heteroatoms. The van der Waals surface area contributed by atoms with Gasteiger partial charge in [-0.1, -0.05) is 41.9 Å². The van der Waals surface area contributed by atoms with Crippen LogP contribution < -0.4 is 10.1 Å². The molecule has 27 heavy (non-hydrogen) atoms. The Balaban J connectivity index is 1.57. The van der Waals surface area contributed by atoms with E-state index in [0.717, 1.165) is 5.56 Å². The number of carbonyl (C=O) groups excluding carboxylic acids is 2. The number of ether oxygens (including phenoxy) is 1. The number of aryl methyl sites for hydroxylation is 1. The minimum absolute atomic E-state index is 0.0573. The number of anilines is 1. The maximum absolute atomic E-state index is 12.4. The first-order valence-electron chi connectivity index (χ1n) is 8.41. The minimum atomic E-state index is -0.273. The molecule has 0 aromatic heterocycles. The smallest absolute Gasteiger partial charge is 0.262 e. The highest BCUT2D eigenvalue weighted by Crippen LogP contribution is 2.20. The van der Waals surface area contributed by atoms with Crippen LogP contribution in [-0.4, -0.2) is 18.3 Å². The fourth-order valence-electron chi connectivity index (χ4n) is 2.56. The van der Waals surface area contributed by atoms with E-state index in [9.17, 15) is 9.59 Å². The van der Waals surface area contributed by atoms with E-state index in [1.807, 2.05) is 25.1 Å². The zero-order chi connectivity index (χ0) is 19.2. The quantitative estimate of drug-likeness (QED) is 0.620. The third-order valence-corrected chi connectivity index (χ3v) is 4.22. The number of amides is 1. The Morgan fingerprint density at radius 3 is 2.26 bits per heavy atom. The third-order valence-electron chi connectivity index (χ3n) is 3.98. The molecule has 0 atom stereocenters. The Morgan fingerprint density at radius 1 is 0.926 bits per heavy atom. The minimum Gasteiger partial charge on any atom is -0.484 e. The van der Waals surface area contributed by atoms with Crippen molar-refractivity contribution in [1.82, 2.24) is 0 Å². The molecule has 1 amide bonds. The Hall–Kier alpha value is -3.11. The number of hydrogen-bond donors (Lipinski definition) is 1. The van der Waals surface area contributed by atoms with Crippen LogP contribution >= 0.6 is 11.6 Å². The van der Waals surface area contributed by atoms with Crippen molar-refractivity contribution in [3.63, 3.8) is 0 Å². The lowest BCUT2D eigenvalue weighted by Crippen LogP contribution is -2.20. The number of benzene rings is 3. The van der Waals surface area contributed by atoms with Crippen LogP contribution in [0.15, 0.2) is 72.8 Å². The molecule has 0 bridgehead atoms. The van der Waals surface area contributed by atoms with Crippen molar-refractivity contribution in [2.75, 3.05) is 11.9 Å². The molecular weight excluding hydrogens is 362 g/mol. The van der Waals surface area contributed by atoms with Crippen LogP contribution in [-0.2, 0) is 4.79 Å². The summed E-state index contributed by atoms with van der Waals surface area (Å²) < 4.78 is 5.49. The van der Waals surface area contributed by atoms with Crippen molar-refractivity contribution in [2.45, 2.75) is 6.92 Å². The van der Waals surface area contributed by atoms with Crippen molar-refractivity contribution in [1.29, 1.82) is 0 Å². The average Bonchev–Trinajstić information content (AvgIpc) is 2.69. The molecule has 0 aliphatic carbocycles. The second-order valence-corrected chi connectivity index (χ2v) is 6.45. The molecule has 136 valence electrons. The number of rotatable bonds is 6. The number of hydrogen-bond acceptors (Lipinski definition) is 3. The third kappa shape index (κ3) is 4.96. The maximum atomic E-state index is 12.4. The van der Waals surface area contributed by atoms with Gasteiger partial charge in [0.1, 0.15) is 5.75 Å². The van der Waals surface area contributed by atoms with E-state index < -0.39 is 0 Å². The van der Waals surface area contributed by atoms with Gasteiger partial charge in [0.25, 0.3) is 5.91 Å². The summed E-state index contributed by atoms with van der Waals surface area (Å²) in [4.78, 5) is 24.4. The molecule has 4 nitrogen and oxygen atoms in total. The number of nitrogens with one attached hydrogen (secondary N) is 1. The Labute approximate surface area is 162 Å². The highest BCUT2D eigenvalue weighted by Gasteiger charge is 2.10. The summed E-state index contributed by atoms with van der Waals surface area (Å²) in [7, 11) is 0. The summed E-state index contributed by atoms with van der Waals surface area (Å²) in [5, 5.41) is 3.40. The lowest BCUT2D eigenvalue weighted by atomic mass is 10.0. The van der Waals surface area contributed by atoms with Gasteiger partial charge in [-0.3, -0.25) is 9.59 Å². The SMILES string of the molecule is Cc1cc(Cl)ccc1NC(=O)COc1ccc(C(=O)c2ccccc2)cc1. The maximum Gasteiger partial charge on any atom is 0.262 e. The number of halogens is 1. The fraction of sp³-hybridized carbons (Fsp3) is 0.0909. The van der Waals surface area contributed by atoms with Crippen LogP contribution in [0.3, 0.4) is 0 Å². The largest absolute Gasteiger partial charge is 0.484 e. The van der Waals surface area contributed by atoms with Gasteiger partial charge >= 0.3 is 0 Å². The van der Waals surface area contributed by atoms with Crippen molar-refractivity contribution in [2.24, 2.45) is 0 Å². The predicted octanol–water partition coefficient (Wildman–Crippen LogP) is 4.90. The molecule has 0 radical (unpaired) electrons. The van der Waals surface area contributed by atoms with Gasteiger partial charge in [0.05, 0.1) is 0 Å². The lowest BCUT2D eigenvalue weighted by molar-refractivity contribution is -0.118. The van der Waals surface area contributed by atoms with Gasteiger partial charge in [0.15, 0.2) is 12.4 Å². The molecule has 3 aromatic rings. The topological polar surface area (TPSA) is 55.4 Å². The molecule has 0 saturated heterocycles. The number of carbonyl (C=O) groups is 2. The van der Waals surface area contributed by atoms with Crippen molar-refractivity contribution >= 4 is 29.0 Å². The highest BCUT2D eigenvalue weighted by atomic mass is 35.5. The van der Waals surface area contributed by atoms with E-state index in [-0.39, 0.29) is 18.3 Å². The van der Waals surface area contributed by atoms with Gasteiger partial charge < -0.3 is 10.1 Å². The second kappa shape index (κ2) is 8.52. The number of ketones is 1.